The average Bonchev–Trinajstić information content (AvgIpc) is 3.76. The van der Waals surface area contributed by atoms with E-state index in [-0.39, 0.29) is 66.1 Å². The molecule has 10 N–H and O–H groups in total. The van der Waals surface area contributed by atoms with Gasteiger partial charge in [-0.05, 0) is 27.7 Å². The minimum atomic E-state index is -4.77. The van der Waals surface area contributed by atoms with E-state index < -0.39 is 63.4 Å². The van der Waals surface area contributed by atoms with Gasteiger partial charge in [-0.15, -0.1) is 0 Å². The second-order valence-electron chi connectivity index (χ2n) is 12.1. The fourth-order valence-corrected chi connectivity index (χ4v) is 8.66. The number of quaternary nitrogens is 1. The van der Waals surface area contributed by atoms with Crippen molar-refractivity contribution in [2.45, 2.75) is 102 Å². The molecule has 2 saturated heterocycles. The Morgan fingerprint density at radius 3 is 1.96 bits per heavy atom. The lowest BCUT2D eigenvalue weighted by Gasteiger charge is -2.27. The quantitative estimate of drug-likeness (QED) is 0.114. The number of H-pyrrole nitrogens is 1. The molecule has 0 aliphatic carbocycles. The Morgan fingerprint density at radius 2 is 1.45 bits per heavy atom. The summed E-state index contributed by atoms with van der Waals surface area (Å²) in [7, 11) is -8.43. The molecule has 0 saturated carbocycles. The molecular weight excluding hydrogens is 746 g/mol. The van der Waals surface area contributed by atoms with E-state index in [0.717, 1.165) is 0 Å². The van der Waals surface area contributed by atoms with Gasteiger partial charge in [-0.25, -0.2) is 18.7 Å². The first-order valence-electron chi connectivity index (χ1n) is 15.3. The molecule has 284 valence electrons. The van der Waals surface area contributed by atoms with Crippen LogP contribution in [0.1, 0.15) is 40.5 Å². The number of fused-ring (bicyclic) bond motifs is 2. The summed E-state index contributed by atoms with van der Waals surface area (Å²) in [6, 6.07) is 0. The van der Waals surface area contributed by atoms with Crippen molar-refractivity contribution >= 4 is 61.0 Å². The van der Waals surface area contributed by atoms with Crippen LogP contribution in [0.2, 0.25) is 5.15 Å². The number of aromatic amines is 1. The molecule has 0 bridgehead atoms. The fourth-order valence-electron chi connectivity index (χ4n) is 5.40. The van der Waals surface area contributed by atoms with Gasteiger partial charge < -0.3 is 59.6 Å². The number of ether oxygens (including phenoxy) is 2. The number of hydrogen-bond donors (Lipinski definition) is 5. The van der Waals surface area contributed by atoms with Gasteiger partial charge in [0.05, 0.1) is 38.0 Å². The number of nitrogens with one attached hydrogen (secondary N) is 1. The highest BCUT2D eigenvalue weighted by atomic mass is 35.5. The lowest BCUT2D eigenvalue weighted by Crippen LogP contribution is -2.24. The van der Waals surface area contributed by atoms with Crippen molar-refractivity contribution in [2.75, 3.05) is 11.5 Å². The van der Waals surface area contributed by atoms with Crippen LogP contribution in [0.3, 0.4) is 0 Å². The van der Waals surface area contributed by atoms with Crippen molar-refractivity contribution in [3.05, 3.63) is 28.2 Å². The molecule has 51 heavy (non-hydrogen) atoms. The number of halogens is 3. The van der Waals surface area contributed by atoms with Crippen LogP contribution in [0.4, 0.5) is 20.7 Å². The molecule has 6 heterocycles. The predicted octanol–water partition coefficient (Wildman–Crippen LogP) is 2.63. The Morgan fingerprint density at radius 1 is 0.961 bits per heavy atom. The normalized spacial score (nSPS) is 24.9. The molecular formula is C26H40ClF2N11O9P2. The zero-order chi connectivity index (χ0) is 36.7. The molecule has 4 aromatic rings. The number of aromatic nitrogens is 8. The standard InChI is InChI=1S/C16H24ClFN5O4P.C10H13FN5O5P.H3N/c1-8(2)26-28(24,27-9(3)4)12-5-10(18)11(25-12)6-23-7-20-13-14(17)21-16(19)22-15(13)23;11-4-1-6(22(18,19)20)21-5(4)2-16-3-13-7-8(16)14-10(12)15-9(7)17;/h7-12H,5-6H2,1-4H3,(H2,19,21,22);3-6H,1-2H2,(H2,18,19,20)(H3,12,14,15,17);1H3/t10-,11-,12+;4-,5-,6+;/m11./s1. The largest absolute Gasteiger partial charge is 0.777 e. The van der Waals surface area contributed by atoms with E-state index in [1.807, 2.05) is 0 Å². The summed E-state index contributed by atoms with van der Waals surface area (Å²) in [5, 5.41) is 0.114. The third kappa shape index (κ3) is 9.26. The van der Waals surface area contributed by atoms with E-state index in [1.165, 1.54) is 17.2 Å². The van der Waals surface area contributed by atoms with Crippen molar-refractivity contribution in [2.24, 2.45) is 0 Å². The van der Waals surface area contributed by atoms with Gasteiger partial charge in [-0.2, -0.15) is 15.0 Å². The summed E-state index contributed by atoms with van der Waals surface area (Å²) in [5.41, 5.74) is 11.4. The lowest BCUT2D eigenvalue weighted by molar-refractivity contribution is -0.204. The Bertz CT molecular complexity index is 1980. The number of nitrogens with zero attached hydrogens (tertiary/aromatic N) is 7. The van der Waals surface area contributed by atoms with E-state index in [2.05, 4.69) is 29.9 Å². The lowest BCUT2D eigenvalue weighted by atomic mass is 10.2. The Kier molecular flexibility index (Phi) is 12.6. The van der Waals surface area contributed by atoms with Crippen LogP contribution >= 0.6 is 26.8 Å². The zero-order valence-electron chi connectivity index (χ0n) is 28.1. The number of imidazole rings is 2. The van der Waals surface area contributed by atoms with Crippen molar-refractivity contribution in [3.8, 4) is 0 Å². The average molecular weight is 786 g/mol. The molecule has 20 nitrogen and oxygen atoms in total. The maximum atomic E-state index is 14.7. The van der Waals surface area contributed by atoms with Crippen LogP contribution in [-0.2, 0) is 40.7 Å². The molecule has 2 aliphatic heterocycles. The van der Waals surface area contributed by atoms with Crippen molar-refractivity contribution < 1.29 is 46.2 Å². The maximum absolute atomic E-state index is 14.7. The summed E-state index contributed by atoms with van der Waals surface area (Å²) >= 11 is 6.02. The number of hydrogen-bond acceptors (Lipinski definition) is 15. The molecule has 1 unspecified atom stereocenters. The Labute approximate surface area is 293 Å². The van der Waals surface area contributed by atoms with Gasteiger partial charge in [0.2, 0.25) is 11.9 Å². The van der Waals surface area contributed by atoms with Crippen molar-refractivity contribution in [3.63, 3.8) is 0 Å². The fraction of sp³-hybridized carbons (Fsp3) is 0.615. The van der Waals surface area contributed by atoms with E-state index in [1.54, 1.807) is 32.3 Å². The highest BCUT2D eigenvalue weighted by Crippen LogP contribution is 2.59. The Hall–Kier alpha value is -3.17. The van der Waals surface area contributed by atoms with Crippen LogP contribution in [-0.4, -0.2) is 92.4 Å². The number of alkyl halides is 2. The number of nitrogen functional groups attached to an aromatic ring is 2. The van der Waals surface area contributed by atoms with Crippen LogP contribution in [0.15, 0.2) is 17.4 Å². The van der Waals surface area contributed by atoms with Crippen LogP contribution in [0.25, 0.3) is 22.3 Å². The van der Waals surface area contributed by atoms with Gasteiger partial charge in [0, 0.05) is 12.8 Å². The number of anilines is 2. The zero-order valence-corrected chi connectivity index (χ0v) is 30.7. The maximum Gasteiger partial charge on any atom is 0.359 e. The third-order valence-electron chi connectivity index (χ3n) is 7.44. The van der Waals surface area contributed by atoms with Gasteiger partial charge >= 0.3 is 7.60 Å². The first-order chi connectivity index (χ1) is 23.3. The number of nitrogens with two attached hydrogens (primary N) is 2. The minimum Gasteiger partial charge on any atom is -0.777 e. The second kappa shape index (κ2) is 15.8. The smallest absolute Gasteiger partial charge is 0.359 e. The van der Waals surface area contributed by atoms with Gasteiger partial charge in [0.15, 0.2) is 35.4 Å². The monoisotopic (exact) mass is 785 g/mol. The Balaban J connectivity index is 0.000000230. The van der Waals surface area contributed by atoms with Gasteiger partial charge in [-0.1, -0.05) is 11.6 Å². The molecule has 0 aromatic carbocycles. The summed E-state index contributed by atoms with van der Waals surface area (Å²) < 4.78 is 77.6. The van der Waals surface area contributed by atoms with E-state index in [4.69, 9.17) is 46.5 Å². The van der Waals surface area contributed by atoms with Gasteiger partial charge in [-0.3, -0.25) is 14.3 Å². The topological polar surface area (TPSA) is 310 Å². The highest BCUT2D eigenvalue weighted by molar-refractivity contribution is 7.54. The van der Waals surface area contributed by atoms with Gasteiger partial charge in [0.1, 0.15) is 35.9 Å². The second-order valence-corrected chi connectivity index (χ2v) is 16.3. The molecule has 2 aliphatic rings. The van der Waals surface area contributed by atoms with Crippen LogP contribution in [0.5, 0.6) is 0 Å². The predicted molar refractivity (Wildman–Crippen MR) is 180 cm³/mol. The summed E-state index contributed by atoms with van der Waals surface area (Å²) in [4.78, 5) is 53.7. The van der Waals surface area contributed by atoms with E-state index in [0.29, 0.717) is 11.2 Å². The molecule has 7 atom stereocenters. The molecule has 6 rings (SSSR count). The third-order valence-corrected chi connectivity index (χ3v) is 11.2. The number of rotatable bonds is 10. The van der Waals surface area contributed by atoms with Gasteiger partial charge in [0.25, 0.3) is 5.56 Å². The minimum absolute atomic E-state index is 0. The molecule has 0 amide bonds. The summed E-state index contributed by atoms with van der Waals surface area (Å²) in [6.07, 6.45) is -3.48. The van der Waals surface area contributed by atoms with Crippen molar-refractivity contribution in [1.29, 1.82) is 0 Å². The van der Waals surface area contributed by atoms with E-state index in [9.17, 15) is 27.6 Å². The molecule has 0 spiro atoms. The summed E-state index contributed by atoms with van der Waals surface area (Å²) in [6.45, 7) is 6.92. The molecule has 25 heteroatoms. The SMILES string of the molecule is CC(C)OP(=O)(OC(C)C)[C@H]1C[C@@H](F)[C@@H](Cn2cnc3c(Cl)nc(N)nc32)O1.Nc1nc2c(ncn2C[C@H]2O[C@@H](P(=O)([O-])O)C[C@H]2F)c(=O)[nH]1.[NH4+]. The first kappa shape index (κ1) is 40.6. The molecule has 4 aromatic heterocycles. The highest BCUT2D eigenvalue weighted by Gasteiger charge is 2.48. The van der Waals surface area contributed by atoms with E-state index >= 15 is 0 Å². The molecule has 2 fully saturated rings. The van der Waals surface area contributed by atoms with Crippen molar-refractivity contribution in [1.82, 2.24) is 45.2 Å². The van der Waals surface area contributed by atoms with Crippen LogP contribution < -0.4 is 28.1 Å². The first-order valence-corrected chi connectivity index (χ1v) is 18.9. The summed E-state index contributed by atoms with van der Waals surface area (Å²) in [5.74, 6) is -2.71. The van der Waals surface area contributed by atoms with Crippen LogP contribution in [0, 0.1) is 0 Å². The molecule has 0 radical (unpaired) electrons.